The summed E-state index contributed by atoms with van der Waals surface area (Å²) in [5, 5.41) is 3.89. The summed E-state index contributed by atoms with van der Waals surface area (Å²) in [7, 11) is 0. The van der Waals surface area contributed by atoms with Crippen LogP contribution in [0.1, 0.15) is 22.6 Å². The second kappa shape index (κ2) is 9.13. The number of fused-ring (bicyclic) bond motifs is 2. The molecule has 9 heteroatoms. The number of carbonyl (C=O) groups excluding carboxylic acids is 1. The summed E-state index contributed by atoms with van der Waals surface area (Å²) in [6.07, 6.45) is 0.952. The van der Waals surface area contributed by atoms with E-state index < -0.39 is 11.2 Å². The number of para-hydroxylation sites is 1. The zero-order chi connectivity index (χ0) is 22.8. The van der Waals surface area contributed by atoms with Crippen molar-refractivity contribution in [3.8, 4) is 0 Å². The molecule has 2 aromatic heterocycles. The fraction of sp³-hybridized carbons (Fsp3) is 0.250. The Kier molecular flexibility index (Phi) is 5.89. The van der Waals surface area contributed by atoms with E-state index in [1.54, 1.807) is 24.3 Å². The van der Waals surface area contributed by atoms with E-state index in [2.05, 4.69) is 44.5 Å². The molecular weight excluding hydrogens is 438 g/mol. The lowest BCUT2D eigenvalue weighted by Crippen LogP contribution is -2.31. The third kappa shape index (κ3) is 4.64. The number of aromatic amines is 1. The molecular formula is C24H23N5O3S. The van der Waals surface area contributed by atoms with Gasteiger partial charge in [0.15, 0.2) is 5.13 Å². The molecule has 2 aromatic carbocycles. The first kappa shape index (κ1) is 21.3. The van der Waals surface area contributed by atoms with E-state index in [1.165, 1.54) is 26.3 Å². The highest BCUT2D eigenvalue weighted by Gasteiger charge is 2.21. The summed E-state index contributed by atoms with van der Waals surface area (Å²) < 4.78 is 1.42. The molecule has 0 atom stereocenters. The van der Waals surface area contributed by atoms with Gasteiger partial charge in [0.25, 0.3) is 5.56 Å². The molecule has 4 aromatic rings. The first-order valence-electron chi connectivity index (χ1n) is 10.8. The average molecular weight is 462 g/mol. The molecule has 0 radical (unpaired) electrons. The van der Waals surface area contributed by atoms with Gasteiger partial charge in [0.1, 0.15) is 0 Å². The molecule has 0 unspecified atom stereocenters. The third-order valence-electron chi connectivity index (χ3n) is 5.77. The van der Waals surface area contributed by atoms with E-state index in [9.17, 15) is 14.4 Å². The van der Waals surface area contributed by atoms with Crippen molar-refractivity contribution < 1.29 is 4.79 Å². The van der Waals surface area contributed by atoms with Gasteiger partial charge in [0, 0.05) is 43.9 Å². The van der Waals surface area contributed by atoms with Crippen LogP contribution in [0.3, 0.4) is 0 Å². The molecule has 3 heterocycles. The van der Waals surface area contributed by atoms with Gasteiger partial charge in [-0.25, -0.2) is 9.78 Å². The van der Waals surface area contributed by atoms with Crippen molar-refractivity contribution in [3.63, 3.8) is 0 Å². The number of nitrogens with one attached hydrogen (secondary N) is 2. The number of H-pyrrole nitrogens is 1. The number of thiazole rings is 1. The highest BCUT2D eigenvalue weighted by molar-refractivity contribution is 7.15. The maximum atomic E-state index is 12.6. The second-order valence-corrected chi connectivity index (χ2v) is 9.15. The molecule has 0 saturated carbocycles. The molecule has 0 bridgehead atoms. The van der Waals surface area contributed by atoms with E-state index in [4.69, 9.17) is 0 Å². The standard InChI is InChI=1S/C24H23N5O3S/c30-21(11-13-29-19-9-5-4-8-17(19)22(31)27-24(29)32)26-23-25-18-10-12-28(15-20(18)33-23)14-16-6-2-1-3-7-16/h1-9H,10-15H2,(H,25,26,30)(H,27,31,32). The molecule has 2 N–H and O–H groups in total. The van der Waals surface area contributed by atoms with Crippen molar-refractivity contribution in [2.45, 2.75) is 32.5 Å². The van der Waals surface area contributed by atoms with Crippen molar-refractivity contribution in [1.29, 1.82) is 0 Å². The Hall–Kier alpha value is -3.56. The van der Waals surface area contributed by atoms with Crippen molar-refractivity contribution in [2.75, 3.05) is 11.9 Å². The number of anilines is 1. The van der Waals surface area contributed by atoms with Gasteiger partial charge in [0.05, 0.1) is 16.6 Å². The maximum Gasteiger partial charge on any atom is 0.328 e. The van der Waals surface area contributed by atoms with Crippen LogP contribution in [0, 0.1) is 0 Å². The van der Waals surface area contributed by atoms with Crippen LogP contribution < -0.4 is 16.6 Å². The largest absolute Gasteiger partial charge is 0.328 e. The fourth-order valence-corrected chi connectivity index (χ4v) is 5.20. The molecule has 0 fully saturated rings. The molecule has 5 rings (SSSR count). The van der Waals surface area contributed by atoms with E-state index in [-0.39, 0.29) is 18.9 Å². The molecule has 8 nitrogen and oxygen atoms in total. The first-order valence-corrected chi connectivity index (χ1v) is 11.6. The van der Waals surface area contributed by atoms with E-state index in [1.807, 2.05) is 6.07 Å². The van der Waals surface area contributed by atoms with Crippen molar-refractivity contribution in [2.24, 2.45) is 0 Å². The lowest BCUT2D eigenvalue weighted by Gasteiger charge is -2.25. The van der Waals surface area contributed by atoms with Crippen LogP contribution in [-0.4, -0.2) is 31.9 Å². The Balaban J connectivity index is 1.23. The van der Waals surface area contributed by atoms with Crippen molar-refractivity contribution >= 4 is 33.3 Å². The molecule has 33 heavy (non-hydrogen) atoms. The molecule has 1 aliphatic rings. The van der Waals surface area contributed by atoms with E-state index in [0.717, 1.165) is 31.7 Å². The predicted octanol–water partition coefficient (Wildman–Crippen LogP) is 2.73. The van der Waals surface area contributed by atoms with Gasteiger partial charge < -0.3 is 5.32 Å². The Morgan fingerprint density at radius 1 is 1.09 bits per heavy atom. The average Bonchev–Trinajstić information content (AvgIpc) is 3.21. The topological polar surface area (TPSA) is 100 Å². The smallest absolute Gasteiger partial charge is 0.302 e. The van der Waals surface area contributed by atoms with Crippen LogP contribution in [0.2, 0.25) is 0 Å². The van der Waals surface area contributed by atoms with Gasteiger partial charge >= 0.3 is 5.69 Å². The van der Waals surface area contributed by atoms with E-state index in [0.29, 0.717) is 16.0 Å². The molecule has 1 amide bonds. The van der Waals surface area contributed by atoms with Gasteiger partial charge in [-0.3, -0.25) is 24.0 Å². The highest BCUT2D eigenvalue weighted by atomic mass is 32.1. The minimum atomic E-state index is -0.519. The third-order valence-corrected chi connectivity index (χ3v) is 6.77. The maximum absolute atomic E-state index is 12.6. The number of hydrogen-bond acceptors (Lipinski definition) is 6. The normalized spacial score (nSPS) is 13.7. The molecule has 168 valence electrons. The first-order chi connectivity index (χ1) is 16.1. The summed E-state index contributed by atoms with van der Waals surface area (Å²) in [5.41, 5.74) is 1.90. The number of rotatable bonds is 6. The summed E-state index contributed by atoms with van der Waals surface area (Å²) in [4.78, 5) is 47.3. The monoisotopic (exact) mass is 461 g/mol. The predicted molar refractivity (Wildman–Crippen MR) is 128 cm³/mol. The second-order valence-electron chi connectivity index (χ2n) is 8.06. The van der Waals surface area contributed by atoms with Gasteiger partial charge in [-0.05, 0) is 17.7 Å². The van der Waals surface area contributed by atoms with Crippen LogP contribution in [0.4, 0.5) is 5.13 Å². The van der Waals surface area contributed by atoms with Crippen LogP contribution in [0.5, 0.6) is 0 Å². The summed E-state index contributed by atoms with van der Waals surface area (Å²) in [6, 6.07) is 17.3. The van der Waals surface area contributed by atoms with Crippen molar-refractivity contribution in [3.05, 3.63) is 91.6 Å². The SMILES string of the molecule is O=C(CCn1c(=O)[nH]c(=O)c2ccccc21)Nc1nc2c(s1)CN(Cc1ccccc1)CC2. The zero-order valence-corrected chi connectivity index (χ0v) is 18.7. The van der Waals surface area contributed by atoms with Crippen LogP contribution in [0.25, 0.3) is 10.9 Å². The van der Waals surface area contributed by atoms with Crippen LogP contribution in [-0.2, 0) is 30.8 Å². The van der Waals surface area contributed by atoms with Crippen LogP contribution in [0.15, 0.2) is 64.2 Å². The van der Waals surface area contributed by atoms with Crippen LogP contribution >= 0.6 is 11.3 Å². The number of aryl methyl sites for hydroxylation is 1. The molecule has 1 aliphatic heterocycles. The Bertz CT molecular complexity index is 1420. The quantitative estimate of drug-likeness (QED) is 0.460. The number of hydrogen-bond donors (Lipinski definition) is 2. The molecule has 0 spiro atoms. The Labute approximate surface area is 193 Å². The Morgan fingerprint density at radius 3 is 2.73 bits per heavy atom. The zero-order valence-electron chi connectivity index (χ0n) is 17.9. The molecule has 0 aliphatic carbocycles. The lowest BCUT2D eigenvalue weighted by molar-refractivity contribution is -0.116. The van der Waals surface area contributed by atoms with E-state index >= 15 is 0 Å². The number of aromatic nitrogens is 3. The minimum Gasteiger partial charge on any atom is -0.302 e. The van der Waals surface area contributed by atoms with Gasteiger partial charge in [-0.2, -0.15) is 0 Å². The number of amides is 1. The van der Waals surface area contributed by atoms with Gasteiger partial charge in [0.2, 0.25) is 5.91 Å². The Morgan fingerprint density at radius 2 is 1.88 bits per heavy atom. The summed E-state index contributed by atoms with van der Waals surface area (Å²) in [6.45, 7) is 2.80. The molecule has 0 saturated heterocycles. The number of benzene rings is 2. The minimum absolute atomic E-state index is 0.0975. The fourth-order valence-electron chi connectivity index (χ4n) is 4.14. The lowest BCUT2D eigenvalue weighted by atomic mass is 10.1. The number of carbonyl (C=O) groups is 1. The number of nitrogens with zero attached hydrogens (tertiary/aromatic N) is 3. The highest BCUT2D eigenvalue weighted by Crippen LogP contribution is 2.29. The van der Waals surface area contributed by atoms with Crippen molar-refractivity contribution in [1.82, 2.24) is 19.4 Å². The van der Waals surface area contributed by atoms with Gasteiger partial charge in [-0.15, -0.1) is 11.3 Å². The van der Waals surface area contributed by atoms with Gasteiger partial charge in [-0.1, -0.05) is 42.5 Å². The summed E-state index contributed by atoms with van der Waals surface area (Å²) >= 11 is 1.51. The summed E-state index contributed by atoms with van der Waals surface area (Å²) in [5.74, 6) is -0.218.